The maximum atomic E-state index is 7.67. The van der Waals surface area contributed by atoms with Crippen LogP contribution in [-0.2, 0) is 0 Å². The Bertz CT molecular complexity index is 604. The predicted molar refractivity (Wildman–Crippen MR) is 75.7 cm³/mol. The lowest BCUT2D eigenvalue weighted by Gasteiger charge is -2.10. The number of thiazole rings is 1. The van der Waals surface area contributed by atoms with Gasteiger partial charge in [-0.2, -0.15) is 0 Å². The van der Waals surface area contributed by atoms with Gasteiger partial charge in [0.15, 0.2) is 4.34 Å². The monoisotopic (exact) mass is 278 g/mol. The van der Waals surface area contributed by atoms with Crippen LogP contribution in [0.4, 0.5) is 0 Å². The second-order valence-corrected chi connectivity index (χ2v) is 6.14. The molecule has 18 heavy (non-hydrogen) atoms. The van der Waals surface area contributed by atoms with E-state index in [0.717, 1.165) is 26.3 Å². The van der Waals surface area contributed by atoms with Crippen LogP contribution in [0.15, 0.2) is 20.7 Å². The third kappa shape index (κ3) is 2.70. The molecule has 0 aliphatic heterocycles. The number of amidine groups is 1. The van der Waals surface area contributed by atoms with Gasteiger partial charge >= 0.3 is 0 Å². The van der Waals surface area contributed by atoms with E-state index in [1.54, 1.807) is 11.3 Å². The summed E-state index contributed by atoms with van der Waals surface area (Å²) >= 11 is 3.13. The molecule has 2 rings (SSSR count). The molecule has 0 spiro atoms. The third-order valence-electron chi connectivity index (χ3n) is 2.36. The van der Waals surface area contributed by atoms with Crippen LogP contribution in [-0.4, -0.2) is 15.8 Å². The standard InChI is InChI=1S/C12H14N4S2/c1-6-4-9(10(11(13)14)8(3)15-6)18-12-16-7(2)5-17-12/h4-5H,1-3H3,(H3,13,14). The Hall–Kier alpha value is -1.40. The average Bonchev–Trinajstić information content (AvgIpc) is 2.62. The van der Waals surface area contributed by atoms with E-state index in [-0.39, 0.29) is 5.84 Å². The number of aromatic nitrogens is 2. The van der Waals surface area contributed by atoms with Crippen LogP contribution in [0, 0.1) is 26.2 Å². The maximum Gasteiger partial charge on any atom is 0.154 e. The minimum Gasteiger partial charge on any atom is -0.384 e. The first-order valence-corrected chi connectivity index (χ1v) is 7.09. The van der Waals surface area contributed by atoms with Crippen molar-refractivity contribution in [3.8, 4) is 0 Å². The summed E-state index contributed by atoms with van der Waals surface area (Å²) in [5, 5.41) is 9.68. The summed E-state index contributed by atoms with van der Waals surface area (Å²) in [4.78, 5) is 9.71. The van der Waals surface area contributed by atoms with E-state index in [0.29, 0.717) is 5.56 Å². The minimum atomic E-state index is 0.0516. The minimum absolute atomic E-state index is 0.0516. The number of nitrogens with zero attached hydrogens (tertiary/aromatic N) is 2. The number of hydrogen-bond donors (Lipinski definition) is 2. The topological polar surface area (TPSA) is 75.7 Å². The van der Waals surface area contributed by atoms with Crippen LogP contribution in [0.5, 0.6) is 0 Å². The smallest absolute Gasteiger partial charge is 0.154 e. The zero-order valence-electron chi connectivity index (χ0n) is 10.4. The number of hydrogen-bond acceptors (Lipinski definition) is 5. The Morgan fingerprint density at radius 2 is 2.00 bits per heavy atom. The number of nitrogens with one attached hydrogen (secondary N) is 1. The summed E-state index contributed by atoms with van der Waals surface area (Å²) in [6.45, 7) is 5.78. The van der Waals surface area contributed by atoms with Gasteiger partial charge in [-0.15, -0.1) is 11.3 Å². The fourth-order valence-corrected chi connectivity index (χ4v) is 3.77. The molecule has 3 N–H and O–H groups in total. The van der Waals surface area contributed by atoms with Gasteiger partial charge in [0.25, 0.3) is 0 Å². The Balaban J connectivity index is 2.45. The SMILES string of the molecule is Cc1csc(Sc2cc(C)nc(C)c2C(=N)N)n1. The first kappa shape index (κ1) is 13.0. The zero-order chi connectivity index (χ0) is 13.3. The van der Waals surface area contributed by atoms with Gasteiger partial charge in [-0.1, -0.05) is 11.8 Å². The van der Waals surface area contributed by atoms with Gasteiger partial charge in [0, 0.05) is 27.4 Å². The van der Waals surface area contributed by atoms with E-state index in [4.69, 9.17) is 11.1 Å². The van der Waals surface area contributed by atoms with E-state index < -0.39 is 0 Å². The molecule has 0 unspecified atom stereocenters. The molecule has 2 heterocycles. The number of aryl methyl sites for hydroxylation is 3. The summed E-state index contributed by atoms with van der Waals surface area (Å²) in [7, 11) is 0. The van der Waals surface area contributed by atoms with Gasteiger partial charge < -0.3 is 5.73 Å². The van der Waals surface area contributed by atoms with Crippen LogP contribution in [0.1, 0.15) is 22.6 Å². The van der Waals surface area contributed by atoms with Crippen LogP contribution in [0.3, 0.4) is 0 Å². The lowest BCUT2D eigenvalue weighted by molar-refractivity contribution is 1.07. The van der Waals surface area contributed by atoms with E-state index in [1.165, 1.54) is 11.8 Å². The second-order valence-electron chi connectivity index (χ2n) is 3.99. The van der Waals surface area contributed by atoms with Crippen molar-refractivity contribution in [2.24, 2.45) is 5.73 Å². The first-order valence-electron chi connectivity index (χ1n) is 5.40. The van der Waals surface area contributed by atoms with Gasteiger partial charge in [-0.3, -0.25) is 10.4 Å². The molecular formula is C12H14N4S2. The Labute approximate surface area is 114 Å². The summed E-state index contributed by atoms with van der Waals surface area (Å²) in [5.41, 5.74) is 9.07. The molecule has 0 amide bonds. The number of rotatable bonds is 3. The molecule has 0 aliphatic rings. The van der Waals surface area contributed by atoms with Crippen LogP contribution >= 0.6 is 23.1 Å². The zero-order valence-corrected chi connectivity index (χ0v) is 12.1. The van der Waals surface area contributed by atoms with Crippen molar-refractivity contribution < 1.29 is 0 Å². The molecule has 2 aromatic heterocycles. The molecule has 94 valence electrons. The fraction of sp³-hybridized carbons (Fsp3) is 0.250. The van der Waals surface area contributed by atoms with Crippen molar-refractivity contribution in [1.82, 2.24) is 9.97 Å². The highest BCUT2D eigenvalue weighted by atomic mass is 32.2. The van der Waals surface area contributed by atoms with Crippen molar-refractivity contribution >= 4 is 28.9 Å². The predicted octanol–water partition coefficient (Wildman–Crippen LogP) is 2.90. The molecule has 0 aromatic carbocycles. The summed E-state index contributed by atoms with van der Waals surface area (Å²) in [6, 6.07) is 1.95. The molecule has 0 bridgehead atoms. The number of pyridine rings is 1. The average molecular weight is 278 g/mol. The molecule has 0 fully saturated rings. The Morgan fingerprint density at radius 1 is 1.28 bits per heavy atom. The van der Waals surface area contributed by atoms with Crippen molar-refractivity contribution in [3.05, 3.63) is 34.1 Å². The molecule has 2 aromatic rings. The normalized spacial score (nSPS) is 10.6. The highest BCUT2D eigenvalue weighted by Gasteiger charge is 2.13. The molecule has 6 heteroatoms. The quantitative estimate of drug-likeness (QED) is 0.668. The molecule has 0 radical (unpaired) electrons. The third-order valence-corrected chi connectivity index (χ3v) is 4.46. The lowest BCUT2D eigenvalue weighted by atomic mass is 10.1. The summed E-state index contributed by atoms with van der Waals surface area (Å²) < 4.78 is 0.958. The van der Waals surface area contributed by atoms with Crippen LogP contribution in [0.2, 0.25) is 0 Å². The largest absolute Gasteiger partial charge is 0.384 e. The van der Waals surface area contributed by atoms with Gasteiger partial charge in [-0.25, -0.2) is 4.98 Å². The van der Waals surface area contributed by atoms with E-state index >= 15 is 0 Å². The van der Waals surface area contributed by atoms with Crippen molar-refractivity contribution in [2.45, 2.75) is 30.0 Å². The first-order chi connectivity index (χ1) is 8.47. The van der Waals surface area contributed by atoms with Crippen LogP contribution in [0.25, 0.3) is 0 Å². The highest BCUT2D eigenvalue weighted by Crippen LogP contribution is 2.33. The molecule has 0 saturated heterocycles. The molecule has 0 saturated carbocycles. The van der Waals surface area contributed by atoms with Crippen molar-refractivity contribution in [3.63, 3.8) is 0 Å². The van der Waals surface area contributed by atoms with Gasteiger partial charge in [0.2, 0.25) is 0 Å². The van der Waals surface area contributed by atoms with E-state index in [9.17, 15) is 0 Å². The van der Waals surface area contributed by atoms with Gasteiger partial charge in [0.05, 0.1) is 5.56 Å². The maximum absolute atomic E-state index is 7.67. The van der Waals surface area contributed by atoms with Crippen molar-refractivity contribution in [1.29, 1.82) is 5.41 Å². The summed E-state index contributed by atoms with van der Waals surface area (Å²) in [6.07, 6.45) is 0. The lowest BCUT2D eigenvalue weighted by Crippen LogP contribution is -2.15. The fourth-order valence-electron chi connectivity index (χ4n) is 1.67. The van der Waals surface area contributed by atoms with E-state index in [1.807, 2.05) is 32.2 Å². The van der Waals surface area contributed by atoms with Crippen molar-refractivity contribution in [2.75, 3.05) is 0 Å². The Morgan fingerprint density at radius 3 is 2.56 bits per heavy atom. The molecule has 4 nitrogen and oxygen atoms in total. The van der Waals surface area contributed by atoms with Crippen LogP contribution < -0.4 is 5.73 Å². The Kier molecular flexibility index (Phi) is 3.68. The van der Waals surface area contributed by atoms with Gasteiger partial charge in [-0.05, 0) is 26.8 Å². The number of nitrogen functional groups attached to an aromatic ring is 1. The second kappa shape index (κ2) is 5.07. The molecule has 0 atom stereocenters. The van der Waals surface area contributed by atoms with Gasteiger partial charge in [0.1, 0.15) is 5.84 Å². The molecular weight excluding hydrogens is 264 g/mol. The molecule has 0 aliphatic carbocycles. The number of nitrogens with two attached hydrogens (primary N) is 1. The summed E-state index contributed by atoms with van der Waals surface area (Å²) in [5.74, 6) is 0.0516. The van der Waals surface area contributed by atoms with E-state index in [2.05, 4.69) is 9.97 Å². The highest BCUT2D eigenvalue weighted by molar-refractivity contribution is 8.01.